The fourth-order valence-corrected chi connectivity index (χ4v) is 2.80. The van der Waals surface area contributed by atoms with Gasteiger partial charge in [-0.1, -0.05) is 25.8 Å². The number of carboxylic acids is 1. The van der Waals surface area contributed by atoms with Crippen molar-refractivity contribution in [2.75, 3.05) is 6.61 Å². The van der Waals surface area contributed by atoms with Crippen LogP contribution in [-0.2, 0) is 9.53 Å². The molecule has 104 valence electrons. The van der Waals surface area contributed by atoms with E-state index in [2.05, 4.69) is 6.58 Å². The van der Waals surface area contributed by atoms with Crippen LogP contribution < -0.4 is 0 Å². The van der Waals surface area contributed by atoms with Crippen molar-refractivity contribution in [2.24, 2.45) is 11.8 Å². The lowest BCUT2D eigenvalue weighted by molar-refractivity contribution is -0.142. The van der Waals surface area contributed by atoms with Crippen LogP contribution in [0.5, 0.6) is 0 Å². The molecule has 0 saturated heterocycles. The first-order chi connectivity index (χ1) is 8.67. The van der Waals surface area contributed by atoms with Crippen LogP contribution in [-0.4, -0.2) is 23.8 Å². The van der Waals surface area contributed by atoms with Crippen LogP contribution in [0.15, 0.2) is 12.7 Å². The van der Waals surface area contributed by atoms with E-state index in [-0.39, 0.29) is 5.92 Å². The maximum atomic E-state index is 11.0. The fourth-order valence-electron chi connectivity index (χ4n) is 2.80. The molecule has 3 unspecified atom stereocenters. The molecule has 0 aromatic heterocycles. The van der Waals surface area contributed by atoms with Gasteiger partial charge in [-0.3, -0.25) is 4.79 Å². The number of ether oxygens (including phenoxy) is 1. The van der Waals surface area contributed by atoms with Crippen molar-refractivity contribution in [3.63, 3.8) is 0 Å². The molecular weight excluding hydrogens is 228 g/mol. The molecule has 0 spiro atoms. The van der Waals surface area contributed by atoms with Gasteiger partial charge in [-0.15, -0.1) is 6.58 Å². The second kappa shape index (κ2) is 8.30. The van der Waals surface area contributed by atoms with Crippen LogP contribution in [0.25, 0.3) is 0 Å². The summed E-state index contributed by atoms with van der Waals surface area (Å²) in [4.78, 5) is 11.0. The zero-order valence-electron chi connectivity index (χ0n) is 11.4. The van der Waals surface area contributed by atoms with Gasteiger partial charge >= 0.3 is 5.97 Å². The number of rotatable bonds is 8. The summed E-state index contributed by atoms with van der Waals surface area (Å²) in [5, 5.41) is 9.04. The van der Waals surface area contributed by atoms with E-state index >= 15 is 0 Å². The standard InChI is InChI=1S/C15H26O3/c1-3-10-18-14-7-5-6-12(11-14)8-9-13(4-2)15(16)17/h3,12-14H,1,4-11H2,2H3,(H,16,17). The highest BCUT2D eigenvalue weighted by Crippen LogP contribution is 2.31. The Morgan fingerprint density at radius 2 is 2.33 bits per heavy atom. The van der Waals surface area contributed by atoms with E-state index in [0.717, 1.165) is 32.1 Å². The third kappa shape index (κ3) is 5.21. The highest BCUT2D eigenvalue weighted by atomic mass is 16.5. The minimum atomic E-state index is -0.646. The van der Waals surface area contributed by atoms with Crippen LogP contribution in [0.4, 0.5) is 0 Å². The van der Waals surface area contributed by atoms with Gasteiger partial charge in [-0.2, -0.15) is 0 Å². The molecule has 1 aliphatic rings. The summed E-state index contributed by atoms with van der Waals surface area (Å²) < 4.78 is 5.71. The van der Waals surface area contributed by atoms with Crippen LogP contribution in [0, 0.1) is 11.8 Å². The van der Waals surface area contributed by atoms with Gasteiger partial charge < -0.3 is 9.84 Å². The van der Waals surface area contributed by atoms with Crippen molar-refractivity contribution in [2.45, 2.75) is 58.0 Å². The Kier molecular flexibility index (Phi) is 7.02. The van der Waals surface area contributed by atoms with Gasteiger partial charge in [0.25, 0.3) is 0 Å². The second-order valence-corrected chi connectivity index (χ2v) is 5.30. The number of carbonyl (C=O) groups is 1. The summed E-state index contributed by atoms with van der Waals surface area (Å²) in [6.07, 6.45) is 9.37. The fraction of sp³-hybridized carbons (Fsp3) is 0.800. The number of aliphatic carboxylic acids is 1. The van der Waals surface area contributed by atoms with Gasteiger partial charge in [-0.05, 0) is 38.0 Å². The second-order valence-electron chi connectivity index (χ2n) is 5.30. The molecule has 0 aliphatic heterocycles. The first kappa shape index (κ1) is 15.2. The summed E-state index contributed by atoms with van der Waals surface area (Å²) in [5.74, 6) is -0.172. The molecule has 1 aliphatic carbocycles. The van der Waals surface area contributed by atoms with E-state index < -0.39 is 5.97 Å². The molecule has 3 atom stereocenters. The van der Waals surface area contributed by atoms with Crippen molar-refractivity contribution in [1.82, 2.24) is 0 Å². The molecule has 1 rings (SSSR count). The number of hydrogen-bond donors (Lipinski definition) is 1. The van der Waals surface area contributed by atoms with Crippen molar-refractivity contribution < 1.29 is 14.6 Å². The number of carboxylic acid groups (broad SMARTS) is 1. The van der Waals surface area contributed by atoms with E-state index in [1.165, 1.54) is 12.8 Å². The molecule has 0 amide bonds. The number of hydrogen-bond acceptors (Lipinski definition) is 2. The van der Waals surface area contributed by atoms with E-state index in [1.54, 1.807) is 6.08 Å². The summed E-state index contributed by atoms with van der Waals surface area (Å²) in [5.41, 5.74) is 0. The van der Waals surface area contributed by atoms with E-state index in [0.29, 0.717) is 18.6 Å². The Hall–Kier alpha value is -0.830. The summed E-state index contributed by atoms with van der Waals surface area (Å²) >= 11 is 0. The van der Waals surface area contributed by atoms with Gasteiger partial charge in [0, 0.05) is 0 Å². The molecule has 0 heterocycles. The lowest BCUT2D eigenvalue weighted by Crippen LogP contribution is -2.24. The maximum absolute atomic E-state index is 11.0. The molecule has 0 radical (unpaired) electrons. The van der Waals surface area contributed by atoms with Crippen molar-refractivity contribution in [3.8, 4) is 0 Å². The predicted molar refractivity (Wildman–Crippen MR) is 72.5 cm³/mol. The molecule has 1 saturated carbocycles. The third-order valence-electron chi connectivity index (χ3n) is 3.95. The zero-order valence-corrected chi connectivity index (χ0v) is 11.4. The molecule has 3 nitrogen and oxygen atoms in total. The zero-order chi connectivity index (χ0) is 13.4. The third-order valence-corrected chi connectivity index (χ3v) is 3.95. The highest BCUT2D eigenvalue weighted by Gasteiger charge is 2.24. The predicted octanol–water partition coefficient (Wildman–Crippen LogP) is 3.64. The Bertz CT molecular complexity index is 262. The molecule has 0 bridgehead atoms. The van der Waals surface area contributed by atoms with Gasteiger partial charge in [0.15, 0.2) is 0 Å². The lowest BCUT2D eigenvalue weighted by atomic mass is 9.82. The van der Waals surface area contributed by atoms with E-state index in [4.69, 9.17) is 9.84 Å². The van der Waals surface area contributed by atoms with E-state index in [1.807, 2.05) is 6.92 Å². The molecule has 1 fully saturated rings. The minimum absolute atomic E-state index is 0.167. The van der Waals surface area contributed by atoms with Crippen molar-refractivity contribution in [3.05, 3.63) is 12.7 Å². The summed E-state index contributed by atoms with van der Waals surface area (Å²) in [6.45, 7) is 6.25. The van der Waals surface area contributed by atoms with Gasteiger partial charge in [0.2, 0.25) is 0 Å². The Balaban J connectivity index is 2.29. The average molecular weight is 254 g/mol. The Labute approximate surface area is 110 Å². The largest absolute Gasteiger partial charge is 0.481 e. The summed E-state index contributed by atoms with van der Waals surface area (Å²) in [6, 6.07) is 0. The minimum Gasteiger partial charge on any atom is -0.481 e. The summed E-state index contributed by atoms with van der Waals surface area (Å²) in [7, 11) is 0. The van der Waals surface area contributed by atoms with Crippen LogP contribution in [0.1, 0.15) is 51.9 Å². The quantitative estimate of drug-likeness (QED) is 0.673. The molecule has 0 aromatic rings. The first-order valence-electron chi connectivity index (χ1n) is 7.12. The maximum Gasteiger partial charge on any atom is 0.306 e. The van der Waals surface area contributed by atoms with Gasteiger partial charge in [0.1, 0.15) is 0 Å². The lowest BCUT2D eigenvalue weighted by Gasteiger charge is -2.29. The van der Waals surface area contributed by atoms with E-state index in [9.17, 15) is 4.79 Å². The van der Waals surface area contributed by atoms with Gasteiger partial charge in [-0.25, -0.2) is 0 Å². The molecule has 0 aromatic carbocycles. The molecule has 1 N–H and O–H groups in total. The normalized spacial score (nSPS) is 25.6. The Morgan fingerprint density at radius 3 is 2.94 bits per heavy atom. The molecule has 3 heteroatoms. The Morgan fingerprint density at radius 1 is 1.56 bits per heavy atom. The monoisotopic (exact) mass is 254 g/mol. The molecule has 18 heavy (non-hydrogen) atoms. The first-order valence-corrected chi connectivity index (χ1v) is 7.12. The van der Waals surface area contributed by atoms with Crippen molar-refractivity contribution >= 4 is 5.97 Å². The van der Waals surface area contributed by atoms with Crippen LogP contribution in [0.2, 0.25) is 0 Å². The smallest absolute Gasteiger partial charge is 0.306 e. The highest BCUT2D eigenvalue weighted by molar-refractivity contribution is 5.69. The van der Waals surface area contributed by atoms with Crippen molar-refractivity contribution in [1.29, 1.82) is 0 Å². The van der Waals surface area contributed by atoms with Gasteiger partial charge in [0.05, 0.1) is 18.6 Å². The average Bonchev–Trinajstić information content (AvgIpc) is 2.37. The van der Waals surface area contributed by atoms with Crippen LogP contribution >= 0.6 is 0 Å². The topological polar surface area (TPSA) is 46.5 Å². The SMILES string of the molecule is C=CCOC1CCCC(CCC(CC)C(=O)O)C1. The van der Waals surface area contributed by atoms with Crippen LogP contribution in [0.3, 0.4) is 0 Å². The molecular formula is C15H26O3.